The van der Waals surface area contributed by atoms with Gasteiger partial charge in [-0.2, -0.15) is 0 Å². The molecule has 2 aromatic carbocycles. The molecule has 0 aromatic heterocycles. The van der Waals surface area contributed by atoms with Gasteiger partial charge in [-0.15, -0.1) is 0 Å². The molecule has 0 aliphatic carbocycles. The SMILES string of the molecule is NCCc1ccc2cccc(Br)c2c1. The van der Waals surface area contributed by atoms with Crippen molar-refractivity contribution in [2.75, 3.05) is 6.54 Å². The summed E-state index contributed by atoms with van der Waals surface area (Å²) in [5.41, 5.74) is 6.83. The normalized spacial score (nSPS) is 10.7. The Morgan fingerprint density at radius 2 is 2.00 bits per heavy atom. The molecular weight excluding hydrogens is 238 g/mol. The lowest BCUT2D eigenvalue weighted by atomic mass is 10.1. The van der Waals surface area contributed by atoms with E-state index in [1.807, 2.05) is 0 Å². The van der Waals surface area contributed by atoms with E-state index in [4.69, 9.17) is 5.73 Å². The standard InChI is InChI=1S/C12H12BrN/c13-12-3-1-2-10-5-4-9(6-7-14)8-11(10)12/h1-5,8H,6-7,14H2. The van der Waals surface area contributed by atoms with Gasteiger partial charge in [-0.05, 0) is 41.4 Å². The van der Waals surface area contributed by atoms with E-state index < -0.39 is 0 Å². The van der Waals surface area contributed by atoms with Crippen LogP contribution in [0.1, 0.15) is 5.56 Å². The fourth-order valence-electron chi connectivity index (χ4n) is 1.60. The van der Waals surface area contributed by atoms with Gasteiger partial charge in [0.25, 0.3) is 0 Å². The second-order valence-corrected chi connectivity index (χ2v) is 4.19. The van der Waals surface area contributed by atoms with Crippen molar-refractivity contribution in [3.8, 4) is 0 Å². The first kappa shape index (κ1) is 9.69. The Bertz CT molecular complexity index is 451. The molecule has 0 aliphatic rings. The highest BCUT2D eigenvalue weighted by molar-refractivity contribution is 9.10. The summed E-state index contributed by atoms with van der Waals surface area (Å²) in [6.45, 7) is 0.704. The van der Waals surface area contributed by atoms with Gasteiger partial charge in [0.2, 0.25) is 0 Å². The zero-order chi connectivity index (χ0) is 9.97. The summed E-state index contributed by atoms with van der Waals surface area (Å²) in [5, 5.41) is 2.53. The van der Waals surface area contributed by atoms with Gasteiger partial charge in [0.1, 0.15) is 0 Å². The lowest BCUT2D eigenvalue weighted by molar-refractivity contribution is 0.971. The first-order valence-corrected chi connectivity index (χ1v) is 5.48. The van der Waals surface area contributed by atoms with E-state index in [9.17, 15) is 0 Å². The lowest BCUT2D eigenvalue weighted by Gasteiger charge is -2.03. The minimum absolute atomic E-state index is 0.704. The highest BCUT2D eigenvalue weighted by Crippen LogP contribution is 2.24. The van der Waals surface area contributed by atoms with Crippen molar-refractivity contribution in [3.63, 3.8) is 0 Å². The maximum Gasteiger partial charge on any atom is 0.0253 e. The first-order chi connectivity index (χ1) is 6.81. The van der Waals surface area contributed by atoms with Crippen LogP contribution in [0.4, 0.5) is 0 Å². The van der Waals surface area contributed by atoms with Crippen LogP contribution < -0.4 is 5.73 Å². The molecule has 2 heteroatoms. The molecule has 0 saturated carbocycles. The molecular formula is C12H12BrN. The van der Waals surface area contributed by atoms with E-state index in [2.05, 4.69) is 52.3 Å². The lowest BCUT2D eigenvalue weighted by Crippen LogP contribution is -2.02. The molecule has 72 valence electrons. The van der Waals surface area contributed by atoms with Crippen molar-refractivity contribution in [2.45, 2.75) is 6.42 Å². The molecule has 0 aliphatic heterocycles. The Labute approximate surface area is 92.1 Å². The molecule has 0 fully saturated rings. The predicted octanol–water partition coefficient (Wildman–Crippen LogP) is 3.10. The highest BCUT2D eigenvalue weighted by Gasteiger charge is 1.99. The second kappa shape index (κ2) is 4.11. The van der Waals surface area contributed by atoms with Gasteiger partial charge in [0.05, 0.1) is 0 Å². The summed E-state index contributed by atoms with van der Waals surface area (Å²) in [7, 11) is 0. The minimum atomic E-state index is 0.704. The summed E-state index contributed by atoms with van der Waals surface area (Å²) < 4.78 is 1.15. The molecule has 2 rings (SSSR count). The quantitative estimate of drug-likeness (QED) is 0.870. The molecule has 2 N–H and O–H groups in total. The summed E-state index contributed by atoms with van der Waals surface area (Å²) in [6.07, 6.45) is 0.942. The van der Waals surface area contributed by atoms with Crippen LogP contribution in [0.5, 0.6) is 0 Å². The molecule has 0 unspecified atom stereocenters. The fraction of sp³-hybridized carbons (Fsp3) is 0.167. The number of nitrogens with two attached hydrogens (primary N) is 1. The van der Waals surface area contributed by atoms with Crippen LogP contribution in [0.15, 0.2) is 40.9 Å². The predicted molar refractivity (Wildman–Crippen MR) is 64.4 cm³/mol. The van der Waals surface area contributed by atoms with Crippen LogP contribution in [-0.2, 0) is 6.42 Å². The van der Waals surface area contributed by atoms with E-state index in [0.717, 1.165) is 10.9 Å². The molecule has 0 bridgehead atoms. The zero-order valence-electron chi connectivity index (χ0n) is 7.83. The van der Waals surface area contributed by atoms with Crippen LogP contribution in [0, 0.1) is 0 Å². The Kier molecular flexibility index (Phi) is 2.85. The van der Waals surface area contributed by atoms with Gasteiger partial charge in [-0.3, -0.25) is 0 Å². The second-order valence-electron chi connectivity index (χ2n) is 3.33. The van der Waals surface area contributed by atoms with E-state index >= 15 is 0 Å². The van der Waals surface area contributed by atoms with Crippen molar-refractivity contribution < 1.29 is 0 Å². The number of fused-ring (bicyclic) bond motifs is 1. The summed E-state index contributed by atoms with van der Waals surface area (Å²) in [4.78, 5) is 0. The Morgan fingerprint density at radius 1 is 1.14 bits per heavy atom. The van der Waals surface area contributed by atoms with Crippen molar-refractivity contribution in [3.05, 3.63) is 46.4 Å². The average Bonchev–Trinajstić information content (AvgIpc) is 2.20. The van der Waals surface area contributed by atoms with Crippen molar-refractivity contribution in [2.24, 2.45) is 5.73 Å². The number of rotatable bonds is 2. The largest absolute Gasteiger partial charge is 0.330 e. The average molecular weight is 250 g/mol. The highest BCUT2D eigenvalue weighted by atomic mass is 79.9. The van der Waals surface area contributed by atoms with E-state index in [-0.39, 0.29) is 0 Å². The Morgan fingerprint density at radius 3 is 2.79 bits per heavy atom. The van der Waals surface area contributed by atoms with Crippen LogP contribution in [0.2, 0.25) is 0 Å². The minimum Gasteiger partial charge on any atom is -0.330 e. The third kappa shape index (κ3) is 1.81. The van der Waals surface area contributed by atoms with Crippen molar-refractivity contribution in [1.82, 2.24) is 0 Å². The van der Waals surface area contributed by atoms with Gasteiger partial charge < -0.3 is 5.73 Å². The molecule has 0 heterocycles. The van der Waals surface area contributed by atoms with Gasteiger partial charge in [-0.25, -0.2) is 0 Å². The van der Waals surface area contributed by atoms with Gasteiger partial charge in [-0.1, -0.05) is 40.2 Å². The number of benzene rings is 2. The van der Waals surface area contributed by atoms with Crippen LogP contribution >= 0.6 is 15.9 Å². The molecule has 14 heavy (non-hydrogen) atoms. The van der Waals surface area contributed by atoms with Crippen LogP contribution in [-0.4, -0.2) is 6.54 Å². The molecule has 0 saturated heterocycles. The van der Waals surface area contributed by atoms with E-state index in [1.54, 1.807) is 0 Å². The smallest absolute Gasteiger partial charge is 0.0253 e. The third-order valence-electron chi connectivity index (χ3n) is 2.33. The summed E-state index contributed by atoms with van der Waals surface area (Å²) in [5.74, 6) is 0. The first-order valence-electron chi connectivity index (χ1n) is 4.68. The number of halogens is 1. The number of hydrogen-bond donors (Lipinski definition) is 1. The summed E-state index contributed by atoms with van der Waals surface area (Å²) in [6, 6.07) is 12.7. The Hall–Kier alpha value is -0.860. The van der Waals surface area contributed by atoms with Crippen molar-refractivity contribution >= 4 is 26.7 Å². The maximum atomic E-state index is 5.53. The zero-order valence-corrected chi connectivity index (χ0v) is 9.42. The molecule has 0 spiro atoms. The summed E-state index contributed by atoms with van der Waals surface area (Å²) >= 11 is 3.55. The molecule has 2 aromatic rings. The fourth-order valence-corrected chi connectivity index (χ4v) is 2.10. The maximum absolute atomic E-state index is 5.53. The monoisotopic (exact) mass is 249 g/mol. The number of hydrogen-bond acceptors (Lipinski definition) is 1. The van der Waals surface area contributed by atoms with Gasteiger partial charge >= 0.3 is 0 Å². The van der Waals surface area contributed by atoms with E-state index in [0.29, 0.717) is 6.54 Å². The van der Waals surface area contributed by atoms with Gasteiger partial charge in [0.15, 0.2) is 0 Å². The molecule has 0 radical (unpaired) electrons. The molecule has 0 amide bonds. The van der Waals surface area contributed by atoms with Gasteiger partial charge in [0, 0.05) is 4.47 Å². The molecule has 1 nitrogen and oxygen atoms in total. The van der Waals surface area contributed by atoms with Crippen molar-refractivity contribution in [1.29, 1.82) is 0 Å². The van der Waals surface area contributed by atoms with Crippen LogP contribution in [0.25, 0.3) is 10.8 Å². The Balaban J connectivity index is 2.58. The molecule has 0 atom stereocenters. The van der Waals surface area contributed by atoms with Crippen LogP contribution in [0.3, 0.4) is 0 Å². The topological polar surface area (TPSA) is 26.0 Å². The third-order valence-corrected chi connectivity index (χ3v) is 3.02. The van der Waals surface area contributed by atoms with E-state index in [1.165, 1.54) is 16.3 Å².